The molecular formula is C12H16FNO. The largest absolute Gasteiger partial charge is 0.491 e. The van der Waals surface area contributed by atoms with Crippen LogP contribution in [-0.2, 0) is 5.41 Å². The van der Waals surface area contributed by atoms with E-state index in [0.717, 1.165) is 18.4 Å². The third-order valence-electron chi connectivity index (χ3n) is 3.09. The molecule has 0 atom stereocenters. The summed E-state index contributed by atoms with van der Waals surface area (Å²) in [5.41, 5.74) is 6.75. The fraction of sp³-hybridized carbons (Fsp3) is 0.500. The average molecular weight is 209 g/mol. The lowest BCUT2D eigenvalue weighted by Gasteiger charge is -2.14. The van der Waals surface area contributed by atoms with Gasteiger partial charge in [0.2, 0.25) is 0 Å². The number of hydrogen-bond acceptors (Lipinski definition) is 2. The summed E-state index contributed by atoms with van der Waals surface area (Å²) < 4.78 is 18.7. The van der Waals surface area contributed by atoms with Crippen LogP contribution in [0.3, 0.4) is 0 Å². The molecule has 0 spiro atoms. The zero-order chi connectivity index (χ0) is 10.9. The summed E-state index contributed by atoms with van der Waals surface area (Å²) in [7, 11) is 0. The second-order valence-corrected chi connectivity index (χ2v) is 4.06. The monoisotopic (exact) mass is 209 g/mol. The fourth-order valence-electron chi connectivity index (χ4n) is 1.86. The van der Waals surface area contributed by atoms with Crippen molar-refractivity contribution in [3.8, 4) is 5.75 Å². The molecule has 2 rings (SSSR count). The Bertz CT molecular complexity index is 361. The van der Waals surface area contributed by atoms with Gasteiger partial charge >= 0.3 is 0 Å². The van der Waals surface area contributed by atoms with E-state index in [9.17, 15) is 4.39 Å². The van der Waals surface area contributed by atoms with Crippen LogP contribution >= 0.6 is 0 Å². The first-order valence-corrected chi connectivity index (χ1v) is 5.35. The predicted molar refractivity (Wildman–Crippen MR) is 57.5 cm³/mol. The van der Waals surface area contributed by atoms with Crippen LogP contribution in [-0.4, -0.2) is 13.2 Å². The van der Waals surface area contributed by atoms with Gasteiger partial charge in [-0.3, -0.25) is 0 Å². The smallest absolute Gasteiger partial charge is 0.165 e. The SMILES string of the molecule is CCOc1ccc(C2(CN)CC2)cc1F. The van der Waals surface area contributed by atoms with Crippen LogP contribution in [0.1, 0.15) is 25.3 Å². The third-order valence-corrected chi connectivity index (χ3v) is 3.09. The third kappa shape index (κ3) is 1.84. The lowest BCUT2D eigenvalue weighted by molar-refractivity contribution is 0.321. The first kappa shape index (κ1) is 10.4. The number of hydrogen-bond donors (Lipinski definition) is 1. The Labute approximate surface area is 89.2 Å². The van der Waals surface area contributed by atoms with Crippen LogP contribution in [0.4, 0.5) is 4.39 Å². The zero-order valence-corrected chi connectivity index (χ0v) is 8.92. The van der Waals surface area contributed by atoms with E-state index in [-0.39, 0.29) is 11.2 Å². The fourth-order valence-corrected chi connectivity index (χ4v) is 1.86. The van der Waals surface area contributed by atoms with Crippen molar-refractivity contribution in [1.82, 2.24) is 0 Å². The first-order chi connectivity index (χ1) is 7.22. The van der Waals surface area contributed by atoms with Crippen molar-refractivity contribution < 1.29 is 9.13 Å². The maximum absolute atomic E-state index is 13.6. The van der Waals surface area contributed by atoms with E-state index in [2.05, 4.69) is 0 Å². The molecule has 15 heavy (non-hydrogen) atoms. The second kappa shape index (κ2) is 3.81. The second-order valence-electron chi connectivity index (χ2n) is 4.06. The minimum absolute atomic E-state index is 0.0472. The van der Waals surface area contributed by atoms with Gasteiger partial charge in [-0.25, -0.2) is 4.39 Å². The van der Waals surface area contributed by atoms with E-state index in [1.54, 1.807) is 12.1 Å². The zero-order valence-electron chi connectivity index (χ0n) is 8.92. The van der Waals surface area contributed by atoms with E-state index in [4.69, 9.17) is 10.5 Å². The highest BCUT2D eigenvalue weighted by molar-refractivity contribution is 5.37. The van der Waals surface area contributed by atoms with Crippen molar-refractivity contribution in [1.29, 1.82) is 0 Å². The highest BCUT2D eigenvalue weighted by Crippen LogP contribution is 2.47. The topological polar surface area (TPSA) is 35.2 Å². The molecule has 0 amide bonds. The maximum Gasteiger partial charge on any atom is 0.165 e. The molecule has 2 N–H and O–H groups in total. The number of ether oxygens (including phenoxy) is 1. The molecule has 82 valence electrons. The molecule has 0 saturated heterocycles. The summed E-state index contributed by atoms with van der Waals surface area (Å²) in [5.74, 6) is 0.0446. The summed E-state index contributed by atoms with van der Waals surface area (Å²) in [4.78, 5) is 0. The van der Waals surface area contributed by atoms with Gasteiger partial charge in [0.05, 0.1) is 6.61 Å². The number of benzene rings is 1. The summed E-state index contributed by atoms with van der Waals surface area (Å²) in [6.07, 6.45) is 2.13. The number of halogens is 1. The van der Waals surface area contributed by atoms with Crippen LogP contribution in [0.5, 0.6) is 5.75 Å². The Morgan fingerprint density at radius 2 is 2.20 bits per heavy atom. The van der Waals surface area contributed by atoms with Crippen LogP contribution in [0.25, 0.3) is 0 Å². The van der Waals surface area contributed by atoms with Gasteiger partial charge in [0.15, 0.2) is 11.6 Å². The molecule has 0 aliphatic heterocycles. The Balaban J connectivity index is 2.25. The molecule has 1 aliphatic rings. The van der Waals surface area contributed by atoms with Crippen LogP contribution < -0.4 is 10.5 Å². The molecule has 2 nitrogen and oxygen atoms in total. The lowest BCUT2D eigenvalue weighted by atomic mass is 9.96. The van der Waals surface area contributed by atoms with Crippen LogP contribution in [0.2, 0.25) is 0 Å². The molecule has 1 saturated carbocycles. The molecule has 0 unspecified atom stereocenters. The maximum atomic E-state index is 13.6. The van der Waals surface area contributed by atoms with Crippen LogP contribution in [0.15, 0.2) is 18.2 Å². The quantitative estimate of drug-likeness (QED) is 0.825. The van der Waals surface area contributed by atoms with Gasteiger partial charge < -0.3 is 10.5 Å². The van der Waals surface area contributed by atoms with Crippen molar-refractivity contribution in [3.63, 3.8) is 0 Å². The summed E-state index contributed by atoms with van der Waals surface area (Å²) in [6, 6.07) is 5.18. The number of nitrogens with two attached hydrogens (primary N) is 1. The molecule has 1 fully saturated rings. The normalized spacial score (nSPS) is 17.5. The van der Waals surface area contributed by atoms with Gasteiger partial charge in [-0.1, -0.05) is 6.07 Å². The van der Waals surface area contributed by atoms with Gasteiger partial charge in [-0.05, 0) is 37.5 Å². The van der Waals surface area contributed by atoms with Crippen molar-refractivity contribution in [2.45, 2.75) is 25.2 Å². The van der Waals surface area contributed by atoms with E-state index >= 15 is 0 Å². The Morgan fingerprint density at radius 1 is 1.47 bits per heavy atom. The first-order valence-electron chi connectivity index (χ1n) is 5.35. The summed E-state index contributed by atoms with van der Waals surface area (Å²) in [5, 5.41) is 0. The molecular weight excluding hydrogens is 193 g/mol. The van der Waals surface area contributed by atoms with E-state index in [1.165, 1.54) is 0 Å². The molecule has 1 aromatic rings. The van der Waals surface area contributed by atoms with E-state index in [0.29, 0.717) is 18.9 Å². The van der Waals surface area contributed by atoms with Gasteiger partial charge in [0.25, 0.3) is 0 Å². The minimum atomic E-state index is -0.283. The van der Waals surface area contributed by atoms with Gasteiger partial charge in [-0.15, -0.1) is 0 Å². The molecule has 0 aromatic heterocycles. The minimum Gasteiger partial charge on any atom is -0.491 e. The standard InChI is InChI=1S/C12H16FNO/c1-2-15-11-4-3-9(7-10(11)13)12(8-14)5-6-12/h3-4,7H,2,5-6,8,14H2,1H3. The Kier molecular flexibility index (Phi) is 2.65. The van der Waals surface area contributed by atoms with Crippen molar-refractivity contribution in [3.05, 3.63) is 29.6 Å². The molecule has 0 radical (unpaired) electrons. The molecule has 0 bridgehead atoms. The Morgan fingerprint density at radius 3 is 2.67 bits per heavy atom. The van der Waals surface area contributed by atoms with E-state index in [1.807, 2.05) is 13.0 Å². The Hall–Kier alpha value is -1.09. The van der Waals surface area contributed by atoms with Crippen LogP contribution in [0, 0.1) is 5.82 Å². The average Bonchev–Trinajstić information content (AvgIpc) is 3.02. The predicted octanol–water partition coefficient (Wildman–Crippen LogP) is 2.21. The van der Waals surface area contributed by atoms with Gasteiger partial charge in [-0.2, -0.15) is 0 Å². The number of rotatable bonds is 4. The highest BCUT2D eigenvalue weighted by Gasteiger charge is 2.43. The molecule has 3 heteroatoms. The van der Waals surface area contributed by atoms with Gasteiger partial charge in [0.1, 0.15) is 0 Å². The van der Waals surface area contributed by atoms with Crippen molar-refractivity contribution in [2.75, 3.05) is 13.2 Å². The van der Waals surface area contributed by atoms with Gasteiger partial charge in [0, 0.05) is 12.0 Å². The molecule has 1 aromatic carbocycles. The summed E-state index contributed by atoms with van der Waals surface area (Å²) >= 11 is 0. The van der Waals surface area contributed by atoms with Crippen molar-refractivity contribution >= 4 is 0 Å². The summed E-state index contributed by atoms with van der Waals surface area (Å²) in [6.45, 7) is 2.92. The highest BCUT2D eigenvalue weighted by atomic mass is 19.1. The lowest BCUT2D eigenvalue weighted by Crippen LogP contribution is -2.19. The van der Waals surface area contributed by atoms with Crippen molar-refractivity contribution in [2.24, 2.45) is 5.73 Å². The molecule has 0 heterocycles. The van der Waals surface area contributed by atoms with E-state index < -0.39 is 0 Å². The molecule has 1 aliphatic carbocycles.